The molecule has 0 N–H and O–H groups in total. The Labute approximate surface area is 79.3 Å². The van der Waals surface area contributed by atoms with Gasteiger partial charge in [-0.1, -0.05) is 6.08 Å². The quantitative estimate of drug-likeness (QED) is 0.664. The Kier molecular flexibility index (Phi) is 3.74. The van der Waals surface area contributed by atoms with Crippen molar-refractivity contribution >= 4 is 5.78 Å². The zero-order valence-electron chi connectivity index (χ0n) is 8.25. The van der Waals surface area contributed by atoms with E-state index in [1.54, 1.807) is 14.0 Å². The topological polar surface area (TPSA) is 26.3 Å². The van der Waals surface area contributed by atoms with Crippen molar-refractivity contribution in [2.75, 3.05) is 7.11 Å². The van der Waals surface area contributed by atoms with Crippen LogP contribution in [0.2, 0.25) is 0 Å². The van der Waals surface area contributed by atoms with Crippen LogP contribution in [0.25, 0.3) is 0 Å². The standard InChI is InChI=1S/C11H16O2/c1-9(12)3-4-10-5-7-11(13-2)8-6-10/h5,7-8,10H,3-4,6H2,1-2H3. The van der Waals surface area contributed by atoms with E-state index in [1.807, 2.05) is 6.08 Å². The molecule has 0 heterocycles. The minimum atomic E-state index is 0.273. The van der Waals surface area contributed by atoms with Gasteiger partial charge in [-0.05, 0) is 37.8 Å². The zero-order chi connectivity index (χ0) is 9.68. The molecule has 0 fully saturated rings. The second kappa shape index (κ2) is 4.85. The van der Waals surface area contributed by atoms with Crippen LogP contribution < -0.4 is 0 Å². The molecule has 1 aliphatic carbocycles. The van der Waals surface area contributed by atoms with Crippen molar-refractivity contribution in [1.82, 2.24) is 0 Å². The van der Waals surface area contributed by atoms with Crippen LogP contribution >= 0.6 is 0 Å². The molecule has 0 spiro atoms. The van der Waals surface area contributed by atoms with Crippen LogP contribution in [-0.2, 0) is 9.53 Å². The van der Waals surface area contributed by atoms with Crippen LogP contribution in [0, 0.1) is 5.92 Å². The summed E-state index contributed by atoms with van der Waals surface area (Å²) in [4.78, 5) is 10.7. The van der Waals surface area contributed by atoms with Gasteiger partial charge in [0.2, 0.25) is 0 Å². The van der Waals surface area contributed by atoms with Gasteiger partial charge in [0.15, 0.2) is 0 Å². The second-order valence-corrected chi connectivity index (χ2v) is 3.41. The Morgan fingerprint density at radius 2 is 2.46 bits per heavy atom. The Bertz CT molecular complexity index is 238. The second-order valence-electron chi connectivity index (χ2n) is 3.41. The normalized spacial score (nSPS) is 21.1. The molecule has 1 rings (SSSR count). The van der Waals surface area contributed by atoms with E-state index in [2.05, 4.69) is 12.2 Å². The summed E-state index contributed by atoms with van der Waals surface area (Å²) in [6.45, 7) is 1.64. The number of methoxy groups -OCH3 is 1. The third kappa shape index (κ3) is 3.45. The van der Waals surface area contributed by atoms with Crippen molar-refractivity contribution < 1.29 is 9.53 Å². The van der Waals surface area contributed by atoms with E-state index >= 15 is 0 Å². The number of ketones is 1. The minimum Gasteiger partial charge on any atom is -0.497 e. The van der Waals surface area contributed by atoms with Gasteiger partial charge in [-0.2, -0.15) is 0 Å². The average molecular weight is 180 g/mol. The van der Waals surface area contributed by atoms with Gasteiger partial charge in [-0.15, -0.1) is 0 Å². The highest BCUT2D eigenvalue weighted by atomic mass is 16.5. The molecule has 1 unspecified atom stereocenters. The summed E-state index contributed by atoms with van der Waals surface area (Å²) in [5.41, 5.74) is 0. The average Bonchev–Trinajstić information content (AvgIpc) is 2.15. The van der Waals surface area contributed by atoms with Crippen molar-refractivity contribution in [3.8, 4) is 0 Å². The molecular weight excluding hydrogens is 164 g/mol. The molecule has 0 aromatic carbocycles. The van der Waals surface area contributed by atoms with Gasteiger partial charge in [0.05, 0.1) is 7.11 Å². The van der Waals surface area contributed by atoms with E-state index in [-0.39, 0.29) is 5.78 Å². The van der Waals surface area contributed by atoms with E-state index in [0.29, 0.717) is 12.3 Å². The monoisotopic (exact) mass is 180 g/mol. The molecule has 0 saturated carbocycles. The molecule has 0 bridgehead atoms. The van der Waals surface area contributed by atoms with E-state index in [0.717, 1.165) is 18.6 Å². The van der Waals surface area contributed by atoms with Crippen LogP contribution in [0.3, 0.4) is 0 Å². The number of ether oxygens (including phenoxy) is 1. The van der Waals surface area contributed by atoms with Gasteiger partial charge in [0.1, 0.15) is 11.5 Å². The molecule has 72 valence electrons. The maximum absolute atomic E-state index is 10.7. The van der Waals surface area contributed by atoms with Crippen molar-refractivity contribution in [2.24, 2.45) is 5.92 Å². The first-order chi connectivity index (χ1) is 6.22. The smallest absolute Gasteiger partial charge is 0.129 e. The molecular formula is C11H16O2. The van der Waals surface area contributed by atoms with Crippen molar-refractivity contribution in [1.29, 1.82) is 0 Å². The van der Waals surface area contributed by atoms with E-state index < -0.39 is 0 Å². The molecule has 0 amide bonds. The fourth-order valence-electron chi connectivity index (χ4n) is 1.40. The number of Topliss-reactive ketones (excluding diaryl/α,β-unsaturated/α-hetero) is 1. The lowest BCUT2D eigenvalue weighted by Gasteiger charge is -2.14. The van der Waals surface area contributed by atoms with Gasteiger partial charge < -0.3 is 9.53 Å². The predicted molar refractivity (Wildman–Crippen MR) is 52.3 cm³/mol. The van der Waals surface area contributed by atoms with Crippen LogP contribution in [0.4, 0.5) is 0 Å². The Morgan fingerprint density at radius 1 is 1.69 bits per heavy atom. The Morgan fingerprint density at radius 3 is 2.92 bits per heavy atom. The lowest BCUT2D eigenvalue weighted by Crippen LogP contribution is -2.03. The maximum Gasteiger partial charge on any atom is 0.129 e. The number of hydrogen-bond acceptors (Lipinski definition) is 2. The summed E-state index contributed by atoms with van der Waals surface area (Å²) in [5, 5.41) is 0. The number of hydrogen-bond donors (Lipinski definition) is 0. The molecule has 0 aliphatic heterocycles. The van der Waals surface area contributed by atoms with Gasteiger partial charge in [0, 0.05) is 6.42 Å². The number of rotatable bonds is 4. The SMILES string of the molecule is COC1=CCC(CCC(C)=O)C=C1. The summed E-state index contributed by atoms with van der Waals surface area (Å²) < 4.78 is 5.07. The Hall–Kier alpha value is -1.05. The van der Waals surface area contributed by atoms with E-state index in [4.69, 9.17) is 4.74 Å². The van der Waals surface area contributed by atoms with Crippen molar-refractivity contribution in [3.63, 3.8) is 0 Å². The zero-order valence-corrected chi connectivity index (χ0v) is 8.25. The fraction of sp³-hybridized carbons (Fsp3) is 0.545. The van der Waals surface area contributed by atoms with Gasteiger partial charge in [0.25, 0.3) is 0 Å². The van der Waals surface area contributed by atoms with Crippen LogP contribution in [0.1, 0.15) is 26.2 Å². The Balaban J connectivity index is 2.31. The van der Waals surface area contributed by atoms with Crippen molar-refractivity contribution in [3.05, 3.63) is 24.0 Å². The van der Waals surface area contributed by atoms with E-state index in [1.165, 1.54) is 0 Å². The first-order valence-corrected chi connectivity index (χ1v) is 4.64. The van der Waals surface area contributed by atoms with E-state index in [9.17, 15) is 4.79 Å². The molecule has 1 aliphatic rings. The highest BCUT2D eigenvalue weighted by Crippen LogP contribution is 2.20. The first kappa shape index (κ1) is 10.0. The van der Waals surface area contributed by atoms with Gasteiger partial charge in [-0.3, -0.25) is 0 Å². The van der Waals surface area contributed by atoms with Crippen LogP contribution in [-0.4, -0.2) is 12.9 Å². The molecule has 13 heavy (non-hydrogen) atoms. The largest absolute Gasteiger partial charge is 0.497 e. The summed E-state index contributed by atoms with van der Waals surface area (Å²) in [5.74, 6) is 1.72. The summed E-state index contributed by atoms with van der Waals surface area (Å²) >= 11 is 0. The summed E-state index contributed by atoms with van der Waals surface area (Å²) in [7, 11) is 1.67. The summed E-state index contributed by atoms with van der Waals surface area (Å²) in [6.07, 6.45) is 8.82. The molecule has 1 atom stereocenters. The molecule has 0 radical (unpaired) electrons. The number of carbonyl (C=O) groups excluding carboxylic acids is 1. The third-order valence-electron chi connectivity index (χ3n) is 2.26. The van der Waals surface area contributed by atoms with Crippen LogP contribution in [0.5, 0.6) is 0 Å². The molecule has 2 nitrogen and oxygen atoms in total. The maximum atomic E-state index is 10.7. The first-order valence-electron chi connectivity index (χ1n) is 4.64. The molecule has 2 heteroatoms. The molecule has 0 aromatic rings. The molecule has 0 aromatic heterocycles. The van der Waals surface area contributed by atoms with Gasteiger partial charge in [-0.25, -0.2) is 0 Å². The summed E-state index contributed by atoms with van der Waals surface area (Å²) in [6, 6.07) is 0. The van der Waals surface area contributed by atoms with Crippen molar-refractivity contribution in [2.45, 2.75) is 26.2 Å². The fourth-order valence-corrected chi connectivity index (χ4v) is 1.40. The predicted octanol–water partition coefficient (Wildman–Crippen LogP) is 2.46. The highest BCUT2D eigenvalue weighted by molar-refractivity contribution is 5.75. The molecule has 0 saturated heterocycles. The number of carbonyl (C=O) groups is 1. The highest BCUT2D eigenvalue weighted by Gasteiger charge is 2.09. The van der Waals surface area contributed by atoms with Crippen LogP contribution in [0.15, 0.2) is 24.0 Å². The minimum absolute atomic E-state index is 0.273. The van der Waals surface area contributed by atoms with Gasteiger partial charge >= 0.3 is 0 Å². The lowest BCUT2D eigenvalue weighted by atomic mass is 9.94. The number of allylic oxidation sites excluding steroid dienone is 3. The third-order valence-corrected chi connectivity index (χ3v) is 2.26. The lowest BCUT2D eigenvalue weighted by molar-refractivity contribution is -0.117.